The first kappa shape index (κ1) is 11.9. The normalized spacial score (nSPS) is 11.9. The van der Waals surface area contributed by atoms with E-state index in [1.54, 1.807) is 0 Å². The van der Waals surface area contributed by atoms with E-state index in [0.717, 1.165) is 0 Å². The van der Waals surface area contributed by atoms with Gasteiger partial charge in [-0.25, -0.2) is 13.1 Å². The molecule has 0 amide bonds. The highest BCUT2D eigenvalue weighted by Crippen LogP contribution is 2.15. The van der Waals surface area contributed by atoms with Crippen LogP contribution in [0.25, 0.3) is 0 Å². The second-order valence-electron chi connectivity index (χ2n) is 3.05. The summed E-state index contributed by atoms with van der Waals surface area (Å²) < 4.78 is 24.3. The number of hydrogen-bond acceptors (Lipinski definition) is 6. The molecule has 0 unspecified atom stereocenters. The van der Waals surface area contributed by atoms with Gasteiger partial charge in [-0.3, -0.25) is 0 Å². The summed E-state index contributed by atoms with van der Waals surface area (Å²) in [5.74, 6) is 0.0533. The molecule has 0 aliphatic rings. The predicted octanol–water partition coefficient (Wildman–Crippen LogP) is -0.997. The van der Waals surface area contributed by atoms with Crippen molar-refractivity contribution in [1.82, 2.24) is 15.0 Å². The maximum absolute atomic E-state index is 11.5. The molecular formula is C7H15N5O2S. The molecule has 1 rings (SSSR count). The van der Waals surface area contributed by atoms with Crippen LogP contribution in [-0.2, 0) is 16.4 Å². The van der Waals surface area contributed by atoms with Crippen LogP contribution in [0.15, 0.2) is 5.03 Å². The van der Waals surface area contributed by atoms with Crippen molar-refractivity contribution in [1.29, 1.82) is 0 Å². The van der Waals surface area contributed by atoms with E-state index in [1.165, 1.54) is 11.6 Å². The summed E-state index contributed by atoms with van der Waals surface area (Å²) in [6.07, 6.45) is 0.680. The Labute approximate surface area is 88.4 Å². The van der Waals surface area contributed by atoms with Gasteiger partial charge < -0.3 is 11.5 Å². The lowest BCUT2D eigenvalue weighted by Crippen LogP contribution is -2.11. The van der Waals surface area contributed by atoms with Crippen LogP contribution in [0.4, 0.5) is 5.82 Å². The minimum absolute atomic E-state index is 0.0349. The average molecular weight is 233 g/mol. The fraction of sp³-hybridized carbons (Fsp3) is 0.714. The average Bonchev–Trinajstić information content (AvgIpc) is 2.57. The number of nitrogens with two attached hydrogens (primary N) is 2. The number of hydrogen-bond donors (Lipinski definition) is 2. The molecule has 0 aromatic carbocycles. The van der Waals surface area contributed by atoms with Crippen LogP contribution in [0, 0.1) is 0 Å². The third-order valence-corrected chi connectivity index (χ3v) is 3.63. The molecule has 0 fully saturated rings. The highest BCUT2D eigenvalue weighted by molar-refractivity contribution is 7.91. The van der Waals surface area contributed by atoms with Gasteiger partial charge in [0.2, 0.25) is 14.9 Å². The third kappa shape index (κ3) is 2.45. The number of aryl methyl sites for hydroxylation is 1. The standard InChI is InChI=1S/C7H15N5O2S/c1-2-15(13,14)7-6(9)12(11-10-7)5-3-4-8/h2-5,8-9H2,1H3. The molecule has 0 saturated heterocycles. The van der Waals surface area contributed by atoms with Gasteiger partial charge in [-0.15, -0.1) is 5.10 Å². The van der Waals surface area contributed by atoms with Crippen LogP contribution in [0.3, 0.4) is 0 Å². The molecule has 7 nitrogen and oxygen atoms in total. The van der Waals surface area contributed by atoms with E-state index in [-0.39, 0.29) is 16.6 Å². The van der Waals surface area contributed by atoms with Gasteiger partial charge in [0.1, 0.15) is 0 Å². The summed E-state index contributed by atoms with van der Waals surface area (Å²) in [5.41, 5.74) is 10.9. The number of sulfone groups is 1. The maximum atomic E-state index is 11.5. The molecule has 86 valence electrons. The van der Waals surface area contributed by atoms with Crippen molar-refractivity contribution < 1.29 is 8.42 Å². The van der Waals surface area contributed by atoms with Crippen LogP contribution in [0.5, 0.6) is 0 Å². The zero-order chi connectivity index (χ0) is 11.5. The van der Waals surface area contributed by atoms with Gasteiger partial charge in [-0.1, -0.05) is 12.1 Å². The van der Waals surface area contributed by atoms with Crippen LogP contribution in [-0.4, -0.2) is 35.7 Å². The summed E-state index contributed by atoms with van der Waals surface area (Å²) >= 11 is 0. The molecule has 4 N–H and O–H groups in total. The summed E-state index contributed by atoms with van der Waals surface area (Å²) in [7, 11) is -3.38. The van der Waals surface area contributed by atoms with E-state index in [9.17, 15) is 8.42 Å². The van der Waals surface area contributed by atoms with Crippen molar-refractivity contribution in [3.05, 3.63) is 0 Å². The Morgan fingerprint density at radius 1 is 1.47 bits per heavy atom. The van der Waals surface area contributed by atoms with Crippen molar-refractivity contribution >= 4 is 15.7 Å². The molecule has 8 heteroatoms. The highest BCUT2D eigenvalue weighted by Gasteiger charge is 2.21. The van der Waals surface area contributed by atoms with Gasteiger partial charge in [0.25, 0.3) is 0 Å². The molecule has 1 aromatic rings. The Bertz CT molecular complexity index is 425. The fourth-order valence-electron chi connectivity index (χ4n) is 1.07. The molecule has 15 heavy (non-hydrogen) atoms. The molecule has 0 spiro atoms. The first-order chi connectivity index (χ1) is 7.03. The van der Waals surface area contributed by atoms with Gasteiger partial charge in [0.05, 0.1) is 5.75 Å². The number of nitrogens with zero attached hydrogens (tertiary/aromatic N) is 3. The molecule has 0 aliphatic carbocycles. The van der Waals surface area contributed by atoms with Gasteiger partial charge >= 0.3 is 0 Å². The Balaban J connectivity index is 2.99. The number of aromatic nitrogens is 3. The Morgan fingerprint density at radius 3 is 2.67 bits per heavy atom. The number of anilines is 1. The molecule has 0 aliphatic heterocycles. The SMILES string of the molecule is CCS(=O)(=O)c1nnn(CCCN)c1N. The van der Waals surface area contributed by atoms with Crippen molar-refractivity contribution in [3.8, 4) is 0 Å². The quantitative estimate of drug-likeness (QED) is 0.673. The zero-order valence-corrected chi connectivity index (χ0v) is 9.37. The second-order valence-corrected chi connectivity index (χ2v) is 5.24. The van der Waals surface area contributed by atoms with Gasteiger partial charge in [0, 0.05) is 6.54 Å². The zero-order valence-electron chi connectivity index (χ0n) is 8.55. The van der Waals surface area contributed by atoms with Crippen molar-refractivity contribution in [2.24, 2.45) is 5.73 Å². The predicted molar refractivity (Wildman–Crippen MR) is 55.8 cm³/mol. The number of nitrogen functional groups attached to an aromatic ring is 1. The Hall–Kier alpha value is -1.15. The largest absolute Gasteiger partial charge is 0.381 e. The molecule has 1 aromatic heterocycles. The van der Waals surface area contributed by atoms with Crippen LogP contribution in [0.1, 0.15) is 13.3 Å². The number of rotatable bonds is 5. The van der Waals surface area contributed by atoms with Crippen molar-refractivity contribution in [3.63, 3.8) is 0 Å². The molecule has 0 atom stereocenters. The minimum atomic E-state index is -3.38. The fourth-order valence-corrected chi connectivity index (χ4v) is 1.93. The molecule has 0 bridgehead atoms. The molecule has 0 saturated carbocycles. The first-order valence-corrected chi connectivity index (χ1v) is 6.30. The van der Waals surface area contributed by atoms with E-state index < -0.39 is 9.84 Å². The maximum Gasteiger partial charge on any atom is 0.220 e. The molecule has 0 radical (unpaired) electrons. The molecule has 1 heterocycles. The smallest absolute Gasteiger partial charge is 0.220 e. The summed E-state index contributed by atoms with van der Waals surface area (Å²) in [4.78, 5) is 0. The lowest BCUT2D eigenvalue weighted by Gasteiger charge is -2.01. The van der Waals surface area contributed by atoms with E-state index in [2.05, 4.69) is 10.3 Å². The van der Waals surface area contributed by atoms with E-state index in [0.29, 0.717) is 19.5 Å². The van der Waals surface area contributed by atoms with Gasteiger partial charge in [-0.05, 0) is 13.0 Å². The van der Waals surface area contributed by atoms with Gasteiger partial charge in [-0.2, -0.15) is 0 Å². The summed E-state index contributed by atoms with van der Waals surface area (Å²) in [6.45, 7) is 2.51. The summed E-state index contributed by atoms with van der Waals surface area (Å²) in [6, 6.07) is 0. The highest BCUT2D eigenvalue weighted by atomic mass is 32.2. The topological polar surface area (TPSA) is 117 Å². The third-order valence-electron chi connectivity index (χ3n) is 1.99. The lowest BCUT2D eigenvalue weighted by atomic mass is 10.4. The first-order valence-electron chi connectivity index (χ1n) is 4.64. The van der Waals surface area contributed by atoms with Crippen molar-refractivity contribution in [2.75, 3.05) is 18.0 Å². The van der Waals surface area contributed by atoms with Gasteiger partial charge in [0.15, 0.2) is 5.82 Å². The minimum Gasteiger partial charge on any atom is -0.381 e. The van der Waals surface area contributed by atoms with Crippen LogP contribution in [0.2, 0.25) is 0 Å². The molecular weight excluding hydrogens is 218 g/mol. The van der Waals surface area contributed by atoms with Crippen LogP contribution >= 0.6 is 0 Å². The Morgan fingerprint density at radius 2 is 2.13 bits per heavy atom. The van der Waals surface area contributed by atoms with Crippen LogP contribution < -0.4 is 11.5 Å². The monoisotopic (exact) mass is 233 g/mol. The van der Waals surface area contributed by atoms with Crippen molar-refractivity contribution in [2.45, 2.75) is 24.9 Å². The van der Waals surface area contributed by atoms with E-state index in [4.69, 9.17) is 11.5 Å². The summed E-state index contributed by atoms with van der Waals surface area (Å²) in [5, 5.41) is 7.11. The second kappa shape index (κ2) is 4.58. The lowest BCUT2D eigenvalue weighted by molar-refractivity contribution is 0.570. The van der Waals surface area contributed by atoms with E-state index in [1.807, 2.05) is 0 Å². The Kier molecular flexibility index (Phi) is 3.64. The van der Waals surface area contributed by atoms with E-state index >= 15 is 0 Å².